The molecule has 5 heteroatoms. The number of nitrogens with one attached hydrogen (secondary N) is 1. The van der Waals surface area contributed by atoms with Gasteiger partial charge in [0.1, 0.15) is 0 Å². The van der Waals surface area contributed by atoms with E-state index in [1.54, 1.807) is 17.1 Å². The van der Waals surface area contributed by atoms with Gasteiger partial charge in [-0.25, -0.2) is 0 Å². The highest BCUT2D eigenvalue weighted by Crippen LogP contribution is 2.20. The maximum absolute atomic E-state index is 12.2. The molecular weight excluding hydrogens is 312 g/mol. The summed E-state index contributed by atoms with van der Waals surface area (Å²) in [4.78, 5) is 16.6. The standard InChI is InChI=1S/C20H22N4O/c1-15-6-3-4-7-16(15)9-10-19(25)22-12-17-8-5-11-21-20(17)18-13-23-24(2)14-18/h3-8,11,13-14H,9-10,12H2,1-2H3,(H,22,25). The van der Waals surface area contributed by atoms with E-state index in [2.05, 4.69) is 34.5 Å². The molecule has 0 bridgehead atoms. The summed E-state index contributed by atoms with van der Waals surface area (Å²) in [5, 5.41) is 7.19. The molecule has 0 atom stereocenters. The van der Waals surface area contributed by atoms with E-state index in [9.17, 15) is 4.79 Å². The molecule has 1 amide bonds. The fourth-order valence-corrected chi connectivity index (χ4v) is 2.81. The lowest BCUT2D eigenvalue weighted by atomic mass is 10.0. The van der Waals surface area contributed by atoms with Crippen molar-refractivity contribution in [2.45, 2.75) is 26.3 Å². The summed E-state index contributed by atoms with van der Waals surface area (Å²) in [5.41, 5.74) is 5.23. The number of carbonyl (C=O) groups excluding carboxylic acids is 1. The van der Waals surface area contributed by atoms with E-state index in [4.69, 9.17) is 0 Å². The van der Waals surface area contributed by atoms with Crippen LogP contribution in [0.15, 0.2) is 55.0 Å². The Bertz CT molecular complexity index is 869. The third kappa shape index (κ3) is 4.32. The Morgan fingerprint density at radius 3 is 2.72 bits per heavy atom. The van der Waals surface area contributed by atoms with Crippen molar-refractivity contribution in [1.82, 2.24) is 20.1 Å². The number of rotatable bonds is 6. The van der Waals surface area contributed by atoms with Gasteiger partial charge in [0, 0.05) is 38.0 Å². The van der Waals surface area contributed by atoms with Crippen LogP contribution < -0.4 is 5.32 Å². The van der Waals surface area contributed by atoms with Crippen molar-refractivity contribution in [2.24, 2.45) is 7.05 Å². The Hall–Kier alpha value is -2.95. The number of hydrogen-bond donors (Lipinski definition) is 1. The largest absolute Gasteiger partial charge is 0.352 e. The number of pyridine rings is 1. The normalized spacial score (nSPS) is 10.6. The predicted octanol–water partition coefficient (Wildman–Crippen LogP) is 3.04. The molecule has 3 aromatic rings. The molecule has 128 valence electrons. The number of hydrogen-bond acceptors (Lipinski definition) is 3. The third-order valence-electron chi connectivity index (χ3n) is 4.23. The van der Waals surface area contributed by atoms with Crippen LogP contribution in [0.1, 0.15) is 23.1 Å². The minimum atomic E-state index is 0.0456. The topological polar surface area (TPSA) is 59.8 Å². The number of aromatic nitrogens is 3. The van der Waals surface area contributed by atoms with Crippen LogP contribution >= 0.6 is 0 Å². The van der Waals surface area contributed by atoms with Crippen LogP contribution in [0.25, 0.3) is 11.3 Å². The maximum atomic E-state index is 12.2. The zero-order valence-corrected chi connectivity index (χ0v) is 14.6. The van der Waals surface area contributed by atoms with E-state index >= 15 is 0 Å². The van der Waals surface area contributed by atoms with E-state index in [0.29, 0.717) is 13.0 Å². The number of aryl methyl sites for hydroxylation is 3. The van der Waals surface area contributed by atoms with Crippen LogP contribution in [-0.4, -0.2) is 20.7 Å². The third-order valence-corrected chi connectivity index (χ3v) is 4.23. The Morgan fingerprint density at radius 2 is 1.96 bits per heavy atom. The molecule has 0 fully saturated rings. The summed E-state index contributed by atoms with van der Waals surface area (Å²) in [6, 6.07) is 12.0. The second-order valence-electron chi connectivity index (χ2n) is 6.12. The monoisotopic (exact) mass is 334 g/mol. The van der Waals surface area contributed by atoms with E-state index in [0.717, 1.165) is 23.2 Å². The molecule has 2 aromatic heterocycles. The van der Waals surface area contributed by atoms with Crippen molar-refractivity contribution in [2.75, 3.05) is 0 Å². The molecule has 1 aromatic carbocycles. The highest BCUT2D eigenvalue weighted by molar-refractivity contribution is 5.76. The predicted molar refractivity (Wildman–Crippen MR) is 97.8 cm³/mol. The lowest BCUT2D eigenvalue weighted by Crippen LogP contribution is -2.23. The molecule has 0 radical (unpaired) electrons. The van der Waals surface area contributed by atoms with Gasteiger partial charge >= 0.3 is 0 Å². The molecule has 3 rings (SSSR count). The van der Waals surface area contributed by atoms with Gasteiger partial charge in [-0.3, -0.25) is 14.5 Å². The smallest absolute Gasteiger partial charge is 0.220 e. The summed E-state index contributed by atoms with van der Waals surface area (Å²) in [6.45, 7) is 2.54. The first-order valence-electron chi connectivity index (χ1n) is 8.37. The van der Waals surface area contributed by atoms with Crippen LogP contribution in [0.2, 0.25) is 0 Å². The van der Waals surface area contributed by atoms with Gasteiger partial charge in [-0.15, -0.1) is 0 Å². The first-order valence-corrected chi connectivity index (χ1v) is 8.37. The second kappa shape index (κ2) is 7.75. The minimum absolute atomic E-state index is 0.0456. The van der Waals surface area contributed by atoms with Gasteiger partial charge in [-0.1, -0.05) is 30.3 Å². The summed E-state index contributed by atoms with van der Waals surface area (Å²) in [5.74, 6) is 0.0456. The van der Waals surface area contributed by atoms with Crippen LogP contribution in [0, 0.1) is 6.92 Å². The molecule has 0 spiro atoms. The van der Waals surface area contributed by atoms with E-state index < -0.39 is 0 Å². The number of amides is 1. The highest BCUT2D eigenvalue weighted by Gasteiger charge is 2.10. The van der Waals surface area contributed by atoms with Gasteiger partial charge in [-0.2, -0.15) is 5.10 Å². The highest BCUT2D eigenvalue weighted by atomic mass is 16.1. The Morgan fingerprint density at radius 1 is 1.16 bits per heavy atom. The van der Waals surface area contributed by atoms with E-state index in [1.165, 1.54) is 11.1 Å². The summed E-state index contributed by atoms with van der Waals surface area (Å²) < 4.78 is 1.74. The van der Waals surface area contributed by atoms with Crippen LogP contribution in [0.5, 0.6) is 0 Å². The Kier molecular flexibility index (Phi) is 5.23. The van der Waals surface area contributed by atoms with Crippen LogP contribution in [-0.2, 0) is 24.8 Å². The van der Waals surface area contributed by atoms with Gasteiger partial charge in [-0.05, 0) is 36.1 Å². The molecule has 2 heterocycles. The van der Waals surface area contributed by atoms with Gasteiger partial charge in [0.15, 0.2) is 0 Å². The van der Waals surface area contributed by atoms with E-state index in [-0.39, 0.29) is 5.91 Å². The molecule has 25 heavy (non-hydrogen) atoms. The number of nitrogens with zero attached hydrogens (tertiary/aromatic N) is 3. The van der Waals surface area contributed by atoms with Gasteiger partial charge < -0.3 is 5.32 Å². The lowest BCUT2D eigenvalue weighted by molar-refractivity contribution is -0.121. The molecular formula is C20H22N4O. The first kappa shape index (κ1) is 16.9. The first-order chi connectivity index (χ1) is 12.1. The molecule has 0 saturated carbocycles. The molecule has 0 saturated heterocycles. The average molecular weight is 334 g/mol. The molecule has 0 aliphatic rings. The lowest BCUT2D eigenvalue weighted by Gasteiger charge is -2.09. The van der Waals surface area contributed by atoms with Crippen molar-refractivity contribution in [3.05, 3.63) is 71.7 Å². The Balaban J connectivity index is 1.60. The maximum Gasteiger partial charge on any atom is 0.220 e. The fraction of sp³-hybridized carbons (Fsp3) is 0.250. The van der Waals surface area contributed by atoms with Crippen molar-refractivity contribution in [1.29, 1.82) is 0 Å². The SMILES string of the molecule is Cc1ccccc1CCC(=O)NCc1cccnc1-c1cnn(C)c1. The van der Waals surface area contributed by atoms with Crippen LogP contribution in [0.3, 0.4) is 0 Å². The van der Waals surface area contributed by atoms with Crippen molar-refractivity contribution in [3.8, 4) is 11.3 Å². The Labute approximate surface area is 147 Å². The van der Waals surface area contributed by atoms with Gasteiger partial charge in [0.25, 0.3) is 0 Å². The zero-order chi connectivity index (χ0) is 17.6. The second-order valence-corrected chi connectivity index (χ2v) is 6.12. The van der Waals surface area contributed by atoms with E-state index in [1.807, 2.05) is 37.5 Å². The number of carbonyl (C=O) groups is 1. The van der Waals surface area contributed by atoms with Gasteiger partial charge in [0.2, 0.25) is 5.91 Å². The molecule has 1 N–H and O–H groups in total. The average Bonchev–Trinajstić information content (AvgIpc) is 3.06. The summed E-state index contributed by atoms with van der Waals surface area (Å²) in [6.07, 6.45) is 6.69. The number of benzene rings is 1. The fourth-order valence-electron chi connectivity index (χ4n) is 2.81. The van der Waals surface area contributed by atoms with Crippen molar-refractivity contribution >= 4 is 5.91 Å². The zero-order valence-electron chi connectivity index (χ0n) is 14.6. The summed E-state index contributed by atoms with van der Waals surface area (Å²) in [7, 11) is 1.87. The van der Waals surface area contributed by atoms with Crippen molar-refractivity contribution < 1.29 is 4.79 Å². The van der Waals surface area contributed by atoms with Gasteiger partial charge in [0.05, 0.1) is 11.9 Å². The molecule has 5 nitrogen and oxygen atoms in total. The van der Waals surface area contributed by atoms with Crippen LogP contribution in [0.4, 0.5) is 0 Å². The summed E-state index contributed by atoms with van der Waals surface area (Å²) >= 11 is 0. The van der Waals surface area contributed by atoms with Crippen molar-refractivity contribution in [3.63, 3.8) is 0 Å². The molecule has 0 aliphatic heterocycles. The molecule has 0 aliphatic carbocycles. The quantitative estimate of drug-likeness (QED) is 0.754. The molecule has 0 unspecified atom stereocenters. The minimum Gasteiger partial charge on any atom is -0.352 e.